The fourth-order valence-corrected chi connectivity index (χ4v) is 3.48. The Morgan fingerprint density at radius 1 is 1.35 bits per heavy atom. The summed E-state index contributed by atoms with van der Waals surface area (Å²) < 4.78 is 18.5. The summed E-state index contributed by atoms with van der Waals surface area (Å²) in [5.74, 6) is 1.11. The van der Waals surface area contributed by atoms with Crippen molar-refractivity contribution in [3.05, 3.63) is 53.5 Å². The minimum absolute atomic E-state index is 0.318. The maximum atomic E-state index is 13.2. The van der Waals surface area contributed by atoms with Crippen LogP contribution in [-0.4, -0.2) is 4.98 Å². The first-order chi connectivity index (χ1) is 9.70. The van der Waals surface area contributed by atoms with Crippen LogP contribution in [0.5, 0.6) is 0 Å². The summed E-state index contributed by atoms with van der Waals surface area (Å²) in [5, 5.41) is 2.83. The van der Waals surface area contributed by atoms with Gasteiger partial charge in [0.05, 0.1) is 12.0 Å². The molecule has 0 amide bonds. The van der Waals surface area contributed by atoms with Gasteiger partial charge in [0, 0.05) is 21.7 Å². The summed E-state index contributed by atoms with van der Waals surface area (Å²) in [6, 6.07) is 8.25. The number of hydrogen-bond donors (Lipinski definition) is 1. The number of hydrogen-bond acceptors (Lipinski definition) is 5. The van der Waals surface area contributed by atoms with Crippen LogP contribution in [0.15, 0.2) is 51.3 Å². The predicted molar refractivity (Wildman–Crippen MR) is 80.2 cm³/mol. The highest BCUT2D eigenvalue weighted by atomic mass is 32.2. The highest BCUT2D eigenvalue weighted by Gasteiger charge is 2.08. The average Bonchev–Trinajstić information content (AvgIpc) is 3.06. The van der Waals surface area contributed by atoms with Crippen molar-refractivity contribution in [3.63, 3.8) is 0 Å². The monoisotopic (exact) mass is 306 g/mol. The fraction of sp³-hybridized carbons (Fsp3) is 0.0714. The highest BCUT2D eigenvalue weighted by molar-refractivity contribution is 7.98. The molecular formula is C14H11FN2OS2. The summed E-state index contributed by atoms with van der Waals surface area (Å²) in [4.78, 5) is 5.29. The first-order valence-corrected chi connectivity index (χ1v) is 7.74. The average molecular weight is 306 g/mol. The minimum Gasteiger partial charge on any atom is -0.462 e. The van der Waals surface area contributed by atoms with Gasteiger partial charge < -0.3 is 10.2 Å². The lowest BCUT2D eigenvalue weighted by Crippen LogP contribution is -1.88. The first kappa shape index (κ1) is 13.2. The smallest absolute Gasteiger partial charge is 0.162 e. The molecule has 0 spiro atoms. The molecular weight excluding hydrogens is 295 g/mol. The van der Waals surface area contributed by atoms with E-state index in [9.17, 15) is 4.39 Å². The number of benzene rings is 1. The van der Waals surface area contributed by atoms with Gasteiger partial charge in [-0.05, 0) is 30.3 Å². The van der Waals surface area contributed by atoms with Crippen LogP contribution >= 0.6 is 23.1 Å². The maximum absolute atomic E-state index is 13.2. The van der Waals surface area contributed by atoms with Crippen molar-refractivity contribution in [2.45, 2.75) is 10.6 Å². The molecule has 0 aliphatic carbocycles. The number of halogens is 1. The Labute approximate surface area is 123 Å². The Bertz CT molecular complexity index is 690. The van der Waals surface area contributed by atoms with E-state index in [1.807, 2.05) is 17.5 Å². The molecule has 102 valence electrons. The van der Waals surface area contributed by atoms with E-state index in [4.69, 9.17) is 10.2 Å². The second kappa shape index (κ2) is 5.68. The van der Waals surface area contributed by atoms with E-state index in [-0.39, 0.29) is 5.82 Å². The van der Waals surface area contributed by atoms with Crippen LogP contribution < -0.4 is 5.73 Å². The lowest BCUT2D eigenvalue weighted by atomic mass is 10.3. The molecule has 0 atom stereocenters. The molecule has 3 rings (SSSR count). The molecule has 0 saturated heterocycles. The molecule has 0 aliphatic heterocycles. The van der Waals surface area contributed by atoms with Crippen LogP contribution in [-0.2, 0) is 5.75 Å². The normalized spacial score (nSPS) is 10.8. The van der Waals surface area contributed by atoms with Gasteiger partial charge in [-0.15, -0.1) is 23.1 Å². The van der Waals surface area contributed by atoms with Crippen LogP contribution in [0.3, 0.4) is 0 Å². The van der Waals surface area contributed by atoms with Crippen molar-refractivity contribution in [2.75, 3.05) is 5.73 Å². The molecule has 2 aromatic heterocycles. The van der Waals surface area contributed by atoms with Gasteiger partial charge in [0.2, 0.25) is 0 Å². The molecule has 3 nitrogen and oxygen atoms in total. The van der Waals surface area contributed by atoms with Crippen LogP contribution in [0.4, 0.5) is 10.1 Å². The topological polar surface area (TPSA) is 52.0 Å². The molecule has 20 heavy (non-hydrogen) atoms. The van der Waals surface area contributed by atoms with Crippen LogP contribution in [0.25, 0.3) is 10.8 Å². The molecule has 0 unspecified atom stereocenters. The van der Waals surface area contributed by atoms with E-state index in [1.54, 1.807) is 12.3 Å². The lowest BCUT2D eigenvalue weighted by Gasteiger charge is -2.01. The Morgan fingerprint density at radius 3 is 3.00 bits per heavy atom. The van der Waals surface area contributed by atoms with Crippen molar-refractivity contribution in [1.29, 1.82) is 0 Å². The van der Waals surface area contributed by atoms with Crippen molar-refractivity contribution < 1.29 is 8.81 Å². The number of nitrogens with two attached hydrogens (primary N) is 1. The quantitative estimate of drug-likeness (QED) is 0.573. The van der Waals surface area contributed by atoms with Crippen molar-refractivity contribution >= 4 is 28.8 Å². The number of thioether (sulfide) groups is 1. The second-order valence-electron chi connectivity index (χ2n) is 4.13. The third-order valence-electron chi connectivity index (χ3n) is 2.56. The largest absolute Gasteiger partial charge is 0.462 e. The van der Waals surface area contributed by atoms with Gasteiger partial charge >= 0.3 is 0 Å². The lowest BCUT2D eigenvalue weighted by molar-refractivity contribution is 0.581. The molecule has 6 heteroatoms. The molecule has 0 fully saturated rings. The van der Waals surface area contributed by atoms with E-state index < -0.39 is 0 Å². The predicted octanol–water partition coefficient (Wildman–Crippen LogP) is 4.42. The Kier molecular flexibility index (Phi) is 3.75. The molecule has 2 heterocycles. The zero-order chi connectivity index (χ0) is 13.9. The highest BCUT2D eigenvalue weighted by Crippen LogP contribution is 2.29. The van der Waals surface area contributed by atoms with E-state index >= 15 is 0 Å². The van der Waals surface area contributed by atoms with Gasteiger partial charge in [0.25, 0.3) is 0 Å². The zero-order valence-corrected chi connectivity index (χ0v) is 12.0. The number of nitrogens with zero attached hydrogens (tertiary/aromatic N) is 1. The molecule has 0 bridgehead atoms. The van der Waals surface area contributed by atoms with Crippen LogP contribution in [0, 0.1) is 5.82 Å². The number of aromatic nitrogens is 1. The molecule has 0 aliphatic rings. The van der Waals surface area contributed by atoms with Crippen LogP contribution in [0.2, 0.25) is 0 Å². The third-order valence-corrected chi connectivity index (χ3v) is 4.48. The molecule has 1 aromatic carbocycles. The summed E-state index contributed by atoms with van der Waals surface area (Å²) in [5.41, 5.74) is 6.99. The minimum atomic E-state index is -0.318. The van der Waals surface area contributed by atoms with Crippen molar-refractivity contribution in [1.82, 2.24) is 4.98 Å². The maximum Gasteiger partial charge on any atom is 0.162 e. The zero-order valence-electron chi connectivity index (χ0n) is 10.4. The Hall–Kier alpha value is -1.79. The summed E-state index contributed by atoms with van der Waals surface area (Å²) in [6.45, 7) is 0. The van der Waals surface area contributed by atoms with Crippen molar-refractivity contribution in [3.8, 4) is 10.8 Å². The van der Waals surface area contributed by atoms with E-state index in [2.05, 4.69) is 4.98 Å². The SMILES string of the molecule is Nc1cc(F)cc(SCc2csc(-c3ccco3)n2)c1. The number of furan rings is 1. The van der Waals surface area contributed by atoms with E-state index in [0.717, 1.165) is 21.4 Å². The number of nitrogen functional groups attached to an aromatic ring is 1. The van der Waals surface area contributed by atoms with Gasteiger partial charge in [-0.2, -0.15) is 0 Å². The van der Waals surface area contributed by atoms with E-state index in [0.29, 0.717) is 11.4 Å². The standard InChI is InChI=1S/C14H11FN2OS2/c15-9-4-10(16)6-12(5-9)19-7-11-8-20-14(17-11)13-2-1-3-18-13/h1-6,8H,7,16H2. The molecule has 0 saturated carbocycles. The Balaban J connectivity index is 1.69. The van der Waals surface area contributed by atoms with E-state index in [1.165, 1.54) is 35.2 Å². The number of rotatable bonds is 4. The van der Waals surface area contributed by atoms with Gasteiger partial charge in [-0.25, -0.2) is 9.37 Å². The van der Waals surface area contributed by atoms with Gasteiger partial charge in [0.15, 0.2) is 10.8 Å². The third kappa shape index (κ3) is 3.02. The van der Waals surface area contributed by atoms with Crippen LogP contribution in [0.1, 0.15) is 5.69 Å². The van der Waals surface area contributed by atoms with Gasteiger partial charge in [0.1, 0.15) is 5.82 Å². The van der Waals surface area contributed by atoms with Gasteiger partial charge in [-0.1, -0.05) is 0 Å². The van der Waals surface area contributed by atoms with Gasteiger partial charge in [-0.3, -0.25) is 0 Å². The number of anilines is 1. The first-order valence-electron chi connectivity index (χ1n) is 5.88. The number of thiazole rings is 1. The summed E-state index contributed by atoms with van der Waals surface area (Å²) in [6.07, 6.45) is 1.63. The molecule has 2 N–H and O–H groups in total. The summed E-state index contributed by atoms with van der Waals surface area (Å²) in [7, 11) is 0. The van der Waals surface area contributed by atoms with Crippen molar-refractivity contribution in [2.24, 2.45) is 0 Å². The summed E-state index contributed by atoms with van der Waals surface area (Å²) >= 11 is 3.04. The second-order valence-corrected chi connectivity index (χ2v) is 6.04. The molecule has 0 radical (unpaired) electrons. The fourth-order valence-electron chi connectivity index (χ4n) is 1.71. The Morgan fingerprint density at radius 2 is 2.25 bits per heavy atom. The molecule has 3 aromatic rings.